The summed E-state index contributed by atoms with van der Waals surface area (Å²) in [5.74, 6) is 0.180. The number of amides is 1. The molecule has 1 amide bonds. The SMILES string of the molecule is Cc1cc(C(=O)N2CCC3CCC(C2)N3)c(C)n1-c1ccccc1.Cl. The molecule has 3 heterocycles. The van der Waals surface area contributed by atoms with Gasteiger partial charge in [-0.15, -0.1) is 12.4 Å². The van der Waals surface area contributed by atoms with Crippen molar-refractivity contribution in [3.05, 3.63) is 53.3 Å². The Labute approximate surface area is 155 Å². The van der Waals surface area contributed by atoms with Crippen molar-refractivity contribution in [1.82, 2.24) is 14.8 Å². The van der Waals surface area contributed by atoms with Gasteiger partial charge in [0.2, 0.25) is 0 Å². The lowest BCUT2D eigenvalue weighted by atomic mass is 10.1. The fraction of sp³-hybridized carbons (Fsp3) is 0.450. The van der Waals surface area contributed by atoms with Gasteiger partial charge in [-0.3, -0.25) is 4.79 Å². The number of aryl methyl sites for hydroxylation is 1. The molecule has 0 saturated carbocycles. The summed E-state index contributed by atoms with van der Waals surface area (Å²) >= 11 is 0. The molecule has 2 bridgehead atoms. The molecule has 0 radical (unpaired) electrons. The number of likely N-dealkylation sites (tertiary alicyclic amines) is 1. The molecule has 5 heteroatoms. The fourth-order valence-electron chi connectivity index (χ4n) is 4.25. The van der Waals surface area contributed by atoms with Crippen LogP contribution in [-0.4, -0.2) is 40.5 Å². The highest BCUT2D eigenvalue weighted by Gasteiger charge is 2.32. The Morgan fingerprint density at radius 1 is 1.08 bits per heavy atom. The van der Waals surface area contributed by atoms with Crippen LogP contribution in [0, 0.1) is 13.8 Å². The van der Waals surface area contributed by atoms with Gasteiger partial charge in [0.25, 0.3) is 5.91 Å². The summed E-state index contributed by atoms with van der Waals surface area (Å²) in [6.07, 6.45) is 3.52. The van der Waals surface area contributed by atoms with Gasteiger partial charge < -0.3 is 14.8 Å². The van der Waals surface area contributed by atoms with Crippen molar-refractivity contribution in [3.63, 3.8) is 0 Å². The highest BCUT2D eigenvalue weighted by molar-refractivity contribution is 5.96. The summed E-state index contributed by atoms with van der Waals surface area (Å²) in [6.45, 7) is 5.82. The van der Waals surface area contributed by atoms with Crippen LogP contribution in [0.25, 0.3) is 5.69 Å². The second kappa shape index (κ2) is 7.22. The lowest BCUT2D eigenvalue weighted by Crippen LogP contribution is -2.39. The molecule has 4 nitrogen and oxygen atoms in total. The number of rotatable bonds is 2. The highest BCUT2D eigenvalue weighted by Crippen LogP contribution is 2.25. The van der Waals surface area contributed by atoms with Crippen LogP contribution in [0.5, 0.6) is 0 Å². The molecule has 2 atom stereocenters. The van der Waals surface area contributed by atoms with Crippen molar-refractivity contribution < 1.29 is 4.79 Å². The smallest absolute Gasteiger partial charge is 0.255 e. The van der Waals surface area contributed by atoms with Crippen LogP contribution in [-0.2, 0) is 0 Å². The maximum absolute atomic E-state index is 13.1. The number of para-hydroxylation sites is 1. The number of fused-ring (bicyclic) bond motifs is 2. The number of hydrogen-bond acceptors (Lipinski definition) is 2. The van der Waals surface area contributed by atoms with Crippen LogP contribution in [0.15, 0.2) is 36.4 Å². The Kier molecular flexibility index (Phi) is 5.21. The van der Waals surface area contributed by atoms with Crippen molar-refractivity contribution in [2.24, 2.45) is 0 Å². The maximum atomic E-state index is 13.1. The summed E-state index contributed by atoms with van der Waals surface area (Å²) in [4.78, 5) is 15.2. The van der Waals surface area contributed by atoms with Gasteiger partial charge in [-0.05, 0) is 51.3 Å². The minimum atomic E-state index is 0. The first-order valence-electron chi connectivity index (χ1n) is 8.93. The molecule has 134 valence electrons. The topological polar surface area (TPSA) is 37.3 Å². The van der Waals surface area contributed by atoms with Crippen LogP contribution in [0.1, 0.15) is 41.0 Å². The maximum Gasteiger partial charge on any atom is 0.255 e. The van der Waals surface area contributed by atoms with Gasteiger partial charge in [0.05, 0.1) is 5.56 Å². The van der Waals surface area contributed by atoms with Crippen LogP contribution in [0.3, 0.4) is 0 Å². The van der Waals surface area contributed by atoms with Gasteiger partial charge >= 0.3 is 0 Å². The Morgan fingerprint density at radius 3 is 2.56 bits per heavy atom. The van der Waals surface area contributed by atoms with Crippen molar-refractivity contribution >= 4 is 18.3 Å². The third-order valence-electron chi connectivity index (χ3n) is 5.49. The van der Waals surface area contributed by atoms with Gasteiger partial charge in [0.15, 0.2) is 0 Å². The number of hydrogen-bond donors (Lipinski definition) is 1. The van der Waals surface area contributed by atoms with E-state index in [1.54, 1.807) is 0 Å². The van der Waals surface area contributed by atoms with Gasteiger partial charge in [0, 0.05) is 42.2 Å². The van der Waals surface area contributed by atoms with Crippen molar-refractivity contribution in [2.45, 2.75) is 45.2 Å². The van der Waals surface area contributed by atoms with Gasteiger partial charge in [-0.2, -0.15) is 0 Å². The van der Waals surface area contributed by atoms with Gasteiger partial charge in [-0.1, -0.05) is 18.2 Å². The van der Waals surface area contributed by atoms with Crippen LogP contribution in [0.2, 0.25) is 0 Å². The van der Waals surface area contributed by atoms with E-state index >= 15 is 0 Å². The summed E-state index contributed by atoms with van der Waals surface area (Å²) in [6, 6.07) is 13.4. The largest absolute Gasteiger partial charge is 0.337 e. The third-order valence-corrected chi connectivity index (χ3v) is 5.49. The minimum Gasteiger partial charge on any atom is -0.337 e. The van der Waals surface area contributed by atoms with E-state index in [1.165, 1.54) is 12.8 Å². The second-order valence-corrected chi connectivity index (χ2v) is 7.13. The number of benzene rings is 1. The number of nitrogens with zero attached hydrogens (tertiary/aromatic N) is 2. The lowest BCUT2D eigenvalue weighted by Gasteiger charge is -2.24. The van der Waals surface area contributed by atoms with Crippen molar-refractivity contribution in [3.8, 4) is 5.69 Å². The Hall–Kier alpha value is -1.78. The quantitative estimate of drug-likeness (QED) is 0.891. The molecule has 0 aliphatic carbocycles. The van der Waals surface area contributed by atoms with Crippen molar-refractivity contribution in [2.75, 3.05) is 13.1 Å². The molecule has 2 aromatic rings. The van der Waals surface area contributed by atoms with Crippen LogP contribution < -0.4 is 5.32 Å². The molecule has 2 aliphatic heterocycles. The number of halogens is 1. The summed E-state index contributed by atoms with van der Waals surface area (Å²) in [5, 5.41) is 3.65. The van der Waals surface area contributed by atoms with Crippen molar-refractivity contribution in [1.29, 1.82) is 0 Å². The number of aromatic nitrogens is 1. The standard InChI is InChI=1S/C20H25N3O.ClH/c1-14-12-19(15(2)23(14)18-6-4-3-5-7-18)20(24)22-11-10-16-8-9-17(13-22)21-16;/h3-7,12,16-17,21H,8-11,13H2,1-2H3;1H. The normalized spacial score (nSPS) is 22.4. The molecule has 1 aromatic carbocycles. The first kappa shape index (κ1) is 18.0. The molecular weight excluding hydrogens is 334 g/mol. The summed E-state index contributed by atoms with van der Waals surface area (Å²) in [7, 11) is 0. The molecule has 1 aromatic heterocycles. The molecule has 0 spiro atoms. The van der Waals surface area contributed by atoms with E-state index in [4.69, 9.17) is 0 Å². The van der Waals surface area contributed by atoms with E-state index in [0.29, 0.717) is 12.1 Å². The van der Waals surface area contributed by atoms with Gasteiger partial charge in [-0.25, -0.2) is 0 Å². The van der Waals surface area contributed by atoms with E-state index < -0.39 is 0 Å². The van der Waals surface area contributed by atoms with Gasteiger partial charge in [0.1, 0.15) is 0 Å². The summed E-state index contributed by atoms with van der Waals surface area (Å²) in [5.41, 5.74) is 4.10. The number of carbonyl (C=O) groups excluding carboxylic acids is 1. The molecule has 2 saturated heterocycles. The number of carbonyl (C=O) groups is 1. The Morgan fingerprint density at radius 2 is 1.80 bits per heavy atom. The first-order valence-corrected chi connectivity index (χ1v) is 8.93. The summed E-state index contributed by atoms with van der Waals surface area (Å²) < 4.78 is 2.18. The fourth-order valence-corrected chi connectivity index (χ4v) is 4.25. The molecule has 1 N–H and O–H groups in total. The third kappa shape index (κ3) is 3.33. The average molecular weight is 360 g/mol. The minimum absolute atomic E-state index is 0. The Bertz CT molecular complexity index is 756. The predicted molar refractivity (Wildman–Crippen MR) is 103 cm³/mol. The molecular formula is C20H26ClN3O. The van der Waals surface area contributed by atoms with E-state index in [9.17, 15) is 4.79 Å². The van der Waals surface area contributed by atoms with E-state index in [-0.39, 0.29) is 18.3 Å². The first-order chi connectivity index (χ1) is 11.6. The Balaban J connectivity index is 0.00000182. The molecule has 2 aliphatic rings. The average Bonchev–Trinajstić information content (AvgIpc) is 3.06. The lowest BCUT2D eigenvalue weighted by molar-refractivity contribution is 0.0747. The van der Waals surface area contributed by atoms with Crippen LogP contribution >= 0.6 is 12.4 Å². The van der Waals surface area contributed by atoms with E-state index in [0.717, 1.165) is 42.1 Å². The van der Waals surface area contributed by atoms with E-state index in [2.05, 4.69) is 35.9 Å². The second-order valence-electron chi connectivity index (χ2n) is 7.13. The molecule has 4 rings (SSSR count). The molecule has 2 fully saturated rings. The zero-order valence-electron chi connectivity index (χ0n) is 14.9. The zero-order chi connectivity index (χ0) is 16.7. The zero-order valence-corrected chi connectivity index (χ0v) is 15.7. The molecule has 2 unspecified atom stereocenters. The molecule has 25 heavy (non-hydrogen) atoms. The monoisotopic (exact) mass is 359 g/mol. The predicted octanol–water partition coefficient (Wildman–Crippen LogP) is 3.48. The highest BCUT2D eigenvalue weighted by atomic mass is 35.5. The number of nitrogens with one attached hydrogen (secondary N) is 1. The van der Waals surface area contributed by atoms with E-state index in [1.807, 2.05) is 29.2 Å². The van der Waals surface area contributed by atoms with Crippen LogP contribution in [0.4, 0.5) is 0 Å².